The molecule has 0 saturated heterocycles. The molecule has 53 heavy (non-hydrogen) atoms. The molecule has 3 aromatic carbocycles. The molecule has 4 aromatic rings. The van der Waals surface area contributed by atoms with E-state index in [2.05, 4.69) is 31.2 Å². The van der Waals surface area contributed by atoms with Crippen LogP contribution in [0.4, 0.5) is 0 Å². The Kier molecular flexibility index (Phi) is 12.7. The summed E-state index contributed by atoms with van der Waals surface area (Å²) < 4.78 is 6.93. The molecule has 0 saturated carbocycles. The van der Waals surface area contributed by atoms with Crippen molar-refractivity contribution in [2.24, 2.45) is 22.4 Å². The Morgan fingerprint density at radius 1 is 0.981 bits per heavy atom. The molecule has 4 bridgehead atoms. The highest BCUT2D eigenvalue weighted by molar-refractivity contribution is 7.20. The molecule has 3 heterocycles. The average molecular weight is 741 g/mol. The van der Waals surface area contributed by atoms with Crippen LogP contribution >= 0.6 is 11.3 Å². The first-order valence-corrected chi connectivity index (χ1v) is 18.2. The molecule has 0 radical (unpaired) electrons. The molecule has 2 aliphatic rings. The zero-order valence-electron chi connectivity index (χ0n) is 29.8. The quantitative estimate of drug-likeness (QED) is 0.0575. The Bertz CT molecular complexity index is 1960. The van der Waals surface area contributed by atoms with Gasteiger partial charge in [0.25, 0.3) is 0 Å². The predicted octanol–water partition coefficient (Wildman–Crippen LogP) is 3.26. The Balaban J connectivity index is 1.51. The maximum atomic E-state index is 14.4. The number of nitrogens with two attached hydrogens (primary N) is 2. The largest absolute Gasteiger partial charge is 0.457 e. The molecule has 8 N–H and O–H groups in total. The van der Waals surface area contributed by atoms with E-state index in [0.29, 0.717) is 29.0 Å². The lowest BCUT2D eigenvalue weighted by molar-refractivity contribution is -0.134. The van der Waals surface area contributed by atoms with Gasteiger partial charge in [-0.3, -0.25) is 29.0 Å². The zero-order valence-corrected chi connectivity index (χ0v) is 30.6. The van der Waals surface area contributed by atoms with Gasteiger partial charge in [-0.15, -0.1) is 11.3 Å². The molecule has 6 rings (SSSR count). The summed E-state index contributed by atoms with van der Waals surface area (Å²) >= 11 is 1.22. The van der Waals surface area contributed by atoms with Crippen LogP contribution < -0.4 is 37.5 Å². The monoisotopic (exact) mass is 740 g/mol. The fourth-order valence-corrected chi connectivity index (χ4v) is 6.91. The number of fused-ring (bicyclic) bond motifs is 10. The number of nitrogens with one attached hydrogen (secondary N) is 4. The summed E-state index contributed by atoms with van der Waals surface area (Å²) in [5, 5.41) is 11.4. The summed E-state index contributed by atoms with van der Waals surface area (Å²) in [6.07, 6.45) is 0.930. The number of ketones is 1. The van der Waals surface area contributed by atoms with E-state index in [4.69, 9.17) is 16.2 Å². The van der Waals surface area contributed by atoms with Gasteiger partial charge in [0.1, 0.15) is 29.6 Å². The molecule has 2 aliphatic heterocycles. The van der Waals surface area contributed by atoms with Crippen LogP contribution in [0, 0.1) is 5.92 Å². The maximum Gasteiger partial charge on any atom is 0.247 e. The molecule has 4 amide bonds. The van der Waals surface area contributed by atoms with E-state index >= 15 is 0 Å². The minimum atomic E-state index is -1.32. The second kappa shape index (κ2) is 17.6. The first kappa shape index (κ1) is 38.4. The van der Waals surface area contributed by atoms with Crippen molar-refractivity contribution in [2.45, 2.75) is 70.6 Å². The van der Waals surface area contributed by atoms with Crippen LogP contribution in [-0.2, 0) is 25.6 Å². The summed E-state index contributed by atoms with van der Waals surface area (Å²) in [5.74, 6) is -1.91. The number of carbonyl (C=O) groups excluding carboxylic acids is 5. The summed E-state index contributed by atoms with van der Waals surface area (Å²) in [6.45, 7) is 5.33. The van der Waals surface area contributed by atoms with Gasteiger partial charge in [0, 0.05) is 19.9 Å². The minimum absolute atomic E-state index is 0.0339. The summed E-state index contributed by atoms with van der Waals surface area (Å²) in [7, 11) is 0. The number of benzene rings is 3. The van der Waals surface area contributed by atoms with Crippen molar-refractivity contribution in [1.82, 2.24) is 26.3 Å². The lowest BCUT2D eigenvalue weighted by atomic mass is 9.99. The van der Waals surface area contributed by atoms with E-state index in [1.807, 2.05) is 32.0 Å². The highest BCUT2D eigenvalue weighted by Crippen LogP contribution is 2.27. The summed E-state index contributed by atoms with van der Waals surface area (Å²) in [4.78, 5) is 76.7. The van der Waals surface area contributed by atoms with E-state index in [1.165, 1.54) is 18.3 Å². The molecule has 0 aliphatic carbocycles. The van der Waals surface area contributed by atoms with Gasteiger partial charge in [0.15, 0.2) is 11.0 Å². The van der Waals surface area contributed by atoms with Crippen molar-refractivity contribution >= 4 is 56.9 Å². The van der Waals surface area contributed by atoms with E-state index in [1.54, 1.807) is 54.6 Å². The maximum absolute atomic E-state index is 14.4. The average Bonchev–Trinajstić information content (AvgIpc) is 3.55. The molecular weight excluding hydrogens is 697 g/mol. The standard InChI is InChI=1S/C38H44N8O6S/c1-21(2)18-29-35(50)46-32(36(51)43-28(11-7-17-41-38(39)40)33(48)37-45-27-10-4-5-12-31(27)53-37)24-8-6-9-26(20-24)52-25-15-13-23(14-16-25)19-30(34(49)44-29)42-22(3)47/h4-6,8-10,12-16,20-21,28-30,32H,7,11,17-19H2,1-3H3,(H,42,47)(H,43,51)(H,44,49)(H,46,50)(H4,39,40,41)/t28-,29-,30-,32-/m0/s1. The number of hydrogen-bond acceptors (Lipinski definition) is 9. The summed E-state index contributed by atoms with van der Waals surface area (Å²) in [6, 6.07) is 16.7. The first-order chi connectivity index (χ1) is 25.4. The number of hydrogen-bond donors (Lipinski definition) is 6. The molecule has 15 heteroatoms. The normalized spacial score (nSPS) is 18.0. The smallest absolute Gasteiger partial charge is 0.247 e. The predicted molar refractivity (Wildman–Crippen MR) is 202 cm³/mol. The number of para-hydroxylation sites is 1. The third kappa shape index (κ3) is 10.6. The molecule has 0 spiro atoms. The van der Waals surface area contributed by atoms with Crippen LogP contribution in [0.5, 0.6) is 11.5 Å². The number of guanidine groups is 1. The van der Waals surface area contributed by atoms with Crippen molar-refractivity contribution in [3.8, 4) is 11.5 Å². The van der Waals surface area contributed by atoms with Crippen molar-refractivity contribution in [3.05, 3.63) is 88.9 Å². The Labute approximate surface area is 311 Å². The highest BCUT2D eigenvalue weighted by Gasteiger charge is 2.33. The number of amides is 4. The molecule has 14 nitrogen and oxygen atoms in total. The van der Waals surface area contributed by atoms with Gasteiger partial charge < -0.3 is 37.5 Å². The van der Waals surface area contributed by atoms with Crippen LogP contribution in [0.15, 0.2) is 77.8 Å². The second-order valence-corrected chi connectivity index (χ2v) is 14.3. The van der Waals surface area contributed by atoms with Gasteiger partial charge in [-0.05, 0) is 72.7 Å². The third-order valence-corrected chi connectivity index (χ3v) is 9.51. The Morgan fingerprint density at radius 2 is 1.74 bits per heavy atom. The molecular formula is C38H44N8O6S. The Morgan fingerprint density at radius 3 is 2.43 bits per heavy atom. The van der Waals surface area contributed by atoms with E-state index in [9.17, 15) is 24.0 Å². The number of aliphatic imine (C=N–C) groups is 1. The third-order valence-electron chi connectivity index (χ3n) is 8.46. The van der Waals surface area contributed by atoms with Crippen LogP contribution in [0.1, 0.15) is 67.0 Å². The fourth-order valence-electron chi connectivity index (χ4n) is 5.95. The van der Waals surface area contributed by atoms with Gasteiger partial charge in [-0.2, -0.15) is 0 Å². The first-order valence-electron chi connectivity index (χ1n) is 17.4. The van der Waals surface area contributed by atoms with Crippen LogP contribution in [0.3, 0.4) is 0 Å². The molecule has 278 valence electrons. The van der Waals surface area contributed by atoms with Crippen molar-refractivity contribution in [2.75, 3.05) is 6.54 Å². The van der Waals surface area contributed by atoms with Crippen LogP contribution in [0.2, 0.25) is 0 Å². The van der Waals surface area contributed by atoms with Gasteiger partial charge in [-0.1, -0.05) is 50.2 Å². The molecule has 1 aromatic heterocycles. The molecule has 0 unspecified atom stereocenters. The van der Waals surface area contributed by atoms with Crippen LogP contribution in [-0.4, -0.2) is 65.0 Å². The van der Waals surface area contributed by atoms with E-state index < -0.39 is 53.6 Å². The number of ether oxygens (including phenoxy) is 1. The van der Waals surface area contributed by atoms with Gasteiger partial charge in [0.2, 0.25) is 29.4 Å². The van der Waals surface area contributed by atoms with Gasteiger partial charge in [0.05, 0.1) is 16.3 Å². The van der Waals surface area contributed by atoms with Crippen molar-refractivity contribution in [3.63, 3.8) is 0 Å². The lowest BCUT2D eigenvalue weighted by Gasteiger charge is -2.27. The highest BCUT2D eigenvalue weighted by atomic mass is 32.1. The van der Waals surface area contributed by atoms with Crippen molar-refractivity contribution in [1.29, 1.82) is 0 Å². The van der Waals surface area contributed by atoms with E-state index in [-0.39, 0.29) is 42.7 Å². The second-order valence-electron chi connectivity index (χ2n) is 13.3. The number of thiazole rings is 1. The van der Waals surface area contributed by atoms with Crippen molar-refractivity contribution < 1.29 is 28.7 Å². The lowest BCUT2D eigenvalue weighted by Crippen LogP contribution is -2.56. The number of aromatic nitrogens is 1. The number of nitrogens with zero attached hydrogens (tertiary/aromatic N) is 2. The SMILES string of the molecule is CC(=O)N[C@H]1Cc2ccc(cc2)Oc2cccc(c2)[C@@H](C(=O)N[C@@H](CCCN=C(N)N)C(=O)c2nc3ccccc3s2)NC(=O)[C@H](CC(C)C)NC1=O. The fraction of sp³-hybridized carbons (Fsp3) is 0.342. The minimum Gasteiger partial charge on any atom is -0.457 e. The molecule has 0 fully saturated rings. The topological polar surface area (TPSA) is 220 Å². The number of rotatable bonds is 11. The zero-order chi connectivity index (χ0) is 38.1. The van der Waals surface area contributed by atoms with E-state index in [0.717, 1.165) is 10.3 Å². The van der Waals surface area contributed by atoms with Crippen LogP contribution in [0.25, 0.3) is 10.2 Å². The molecule has 4 atom stereocenters. The Hall–Kier alpha value is -5.83. The summed E-state index contributed by atoms with van der Waals surface area (Å²) in [5.41, 5.74) is 12.8. The number of carbonyl (C=O) groups is 5. The number of Topliss-reactive ketones (excluding diaryl/α,β-unsaturated/α-hetero) is 1. The van der Waals surface area contributed by atoms with Gasteiger partial charge in [-0.25, -0.2) is 4.98 Å². The van der Waals surface area contributed by atoms with Gasteiger partial charge >= 0.3 is 0 Å².